The SMILES string of the molecule is CN=C(NC#N)NCCSCc1nc[nH]c1C.O=C([O-])C(O)C(O)C(=O)[O-].[Bi+3]. The van der Waals surface area contributed by atoms with Crippen molar-refractivity contribution in [2.75, 3.05) is 19.3 Å². The van der Waals surface area contributed by atoms with Crippen molar-refractivity contribution in [3.8, 4) is 6.19 Å². The monoisotopic (exact) mass is 609 g/mol. The molecule has 152 valence electrons. The van der Waals surface area contributed by atoms with Crippen LogP contribution in [0, 0.1) is 18.4 Å². The molecule has 0 aliphatic heterocycles. The van der Waals surface area contributed by atoms with E-state index in [2.05, 4.69) is 25.6 Å². The number of aliphatic hydroxyl groups is 2. The molecule has 0 saturated heterocycles. The Bertz CT molecular complexity index is 662. The molecule has 28 heavy (non-hydrogen) atoms. The minimum atomic E-state index is -2.44. The number of nitrogens with zero attached hydrogens (tertiary/aromatic N) is 3. The van der Waals surface area contributed by atoms with E-state index in [0.717, 1.165) is 29.4 Å². The number of aromatic amines is 1. The number of aliphatic hydroxyl groups excluding tert-OH is 2. The van der Waals surface area contributed by atoms with E-state index in [0.29, 0.717) is 5.96 Å². The molecule has 0 amide bonds. The van der Waals surface area contributed by atoms with Crippen molar-refractivity contribution in [2.45, 2.75) is 24.9 Å². The van der Waals surface area contributed by atoms with Gasteiger partial charge in [0.15, 0.2) is 6.19 Å². The van der Waals surface area contributed by atoms with E-state index in [1.807, 2.05) is 13.1 Å². The molecule has 0 aromatic carbocycles. The zero-order chi connectivity index (χ0) is 20.8. The molecular formula is C14H20BiN6O6S+. The second kappa shape index (κ2) is 16.1. The first-order valence-electron chi connectivity index (χ1n) is 7.44. The number of hydrogen-bond donors (Lipinski definition) is 5. The molecule has 0 saturated carbocycles. The van der Waals surface area contributed by atoms with Gasteiger partial charge in [-0.05, 0) is 6.92 Å². The van der Waals surface area contributed by atoms with Crippen molar-refractivity contribution in [3.63, 3.8) is 0 Å². The Hall–Kier alpha value is -1.94. The summed E-state index contributed by atoms with van der Waals surface area (Å²) < 4.78 is 0. The van der Waals surface area contributed by atoms with Gasteiger partial charge in [-0.2, -0.15) is 17.0 Å². The predicted molar refractivity (Wildman–Crippen MR) is 97.4 cm³/mol. The number of aromatic nitrogens is 2. The summed E-state index contributed by atoms with van der Waals surface area (Å²) >= 11 is 1.79. The minimum absolute atomic E-state index is 0. The molecule has 1 aromatic heterocycles. The molecule has 5 N–H and O–H groups in total. The number of rotatable bonds is 8. The number of thioether (sulfide) groups is 1. The number of nitriles is 1. The molecule has 1 aromatic rings. The molecule has 0 bridgehead atoms. The van der Waals surface area contributed by atoms with Crippen molar-refractivity contribution in [1.29, 1.82) is 5.26 Å². The fourth-order valence-corrected chi connectivity index (χ4v) is 2.31. The van der Waals surface area contributed by atoms with Gasteiger partial charge in [-0.25, -0.2) is 4.98 Å². The first-order valence-corrected chi connectivity index (χ1v) is 8.60. The molecule has 1 heterocycles. The number of hydrogen-bond acceptors (Lipinski definition) is 10. The number of aryl methyl sites for hydroxylation is 1. The predicted octanol–water partition coefficient (Wildman–Crippen LogP) is -4.58. The summed E-state index contributed by atoms with van der Waals surface area (Å²) in [7, 11) is 1.63. The number of carboxylic acid groups (broad SMARTS) is 2. The van der Waals surface area contributed by atoms with Crippen molar-refractivity contribution in [2.24, 2.45) is 4.99 Å². The van der Waals surface area contributed by atoms with Gasteiger partial charge < -0.3 is 40.3 Å². The van der Waals surface area contributed by atoms with Crippen molar-refractivity contribution in [1.82, 2.24) is 20.6 Å². The van der Waals surface area contributed by atoms with Crippen LogP contribution in [0.1, 0.15) is 11.4 Å². The third-order valence-electron chi connectivity index (χ3n) is 2.89. The molecule has 0 spiro atoms. The van der Waals surface area contributed by atoms with Gasteiger partial charge >= 0.3 is 26.2 Å². The Labute approximate surface area is 184 Å². The van der Waals surface area contributed by atoms with Crippen LogP contribution >= 0.6 is 11.8 Å². The molecule has 2 radical (unpaired) electrons. The fraction of sp³-hybridized carbons (Fsp3) is 0.500. The number of carbonyl (C=O) groups excluding carboxylic acids is 2. The standard InChI is InChI=1S/C10H16N6S.C4H6O6.Bi/c1-8-9(16-7-15-8)5-17-4-3-13-10(12-2)14-6-11;5-1(3(7)8)2(6)4(9)10;/h7H,3-5H2,1-2H3,(H,15,16)(H2,12,13,14);1-2,5-6H,(H,7,8)(H,9,10);/q;;+3/p-2. The first-order chi connectivity index (χ1) is 12.7. The number of carbonyl (C=O) groups is 2. The number of imidazole rings is 1. The van der Waals surface area contributed by atoms with Gasteiger partial charge in [0.25, 0.3) is 0 Å². The molecule has 2 atom stereocenters. The second-order valence-corrected chi connectivity index (χ2v) is 5.90. The summed E-state index contributed by atoms with van der Waals surface area (Å²) in [6.07, 6.45) is -1.34. The van der Waals surface area contributed by atoms with Gasteiger partial charge in [0.05, 0.1) is 24.0 Å². The maximum atomic E-state index is 9.63. The van der Waals surface area contributed by atoms with Crippen LogP contribution in [-0.2, 0) is 15.3 Å². The Morgan fingerprint density at radius 2 is 1.96 bits per heavy atom. The zero-order valence-electron chi connectivity index (χ0n) is 15.1. The van der Waals surface area contributed by atoms with Crippen LogP contribution in [0.3, 0.4) is 0 Å². The molecule has 2 unspecified atom stereocenters. The Morgan fingerprint density at radius 1 is 1.39 bits per heavy atom. The second-order valence-electron chi connectivity index (χ2n) is 4.79. The maximum absolute atomic E-state index is 9.63. The number of nitrogens with one attached hydrogen (secondary N) is 3. The Balaban J connectivity index is 0. The van der Waals surface area contributed by atoms with Gasteiger partial charge in [-0.3, -0.25) is 10.3 Å². The van der Waals surface area contributed by atoms with Crippen molar-refractivity contribution < 1.29 is 30.0 Å². The van der Waals surface area contributed by atoms with E-state index in [4.69, 9.17) is 15.5 Å². The van der Waals surface area contributed by atoms with Gasteiger partial charge in [0.1, 0.15) is 12.2 Å². The Morgan fingerprint density at radius 3 is 2.36 bits per heavy atom. The van der Waals surface area contributed by atoms with Crippen LogP contribution in [0.25, 0.3) is 0 Å². The van der Waals surface area contributed by atoms with Crippen LogP contribution in [0.2, 0.25) is 0 Å². The van der Waals surface area contributed by atoms with Crippen LogP contribution in [-0.4, -0.2) is 95.8 Å². The number of aliphatic imine (C=N–C) groups is 1. The van der Waals surface area contributed by atoms with Gasteiger partial charge in [-0.15, -0.1) is 0 Å². The molecule has 12 nitrogen and oxygen atoms in total. The molecule has 1 rings (SSSR count). The minimum Gasteiger partial charge on any atom is -0.547 e. The quantitative estimate of drug-likeness (QED) is 0.0473. The van der Waals surface area contributed by atoms with Crippen LogP contribution in [0.4, 0.5) is 0 Å². The van der Waals surface area contributed by atoms with Crippen LogP contribution in [0.5, 0.6) is 0 Å². The van der Waals surface area contributed by atoms with Crippen LogP contribution in [0.15, 0.2) is 11.3 Å². The van der Waals surface area contributed by atoms with Gasteiger partial charge in [0.2, 0.25) is 5.96 Å². The summed E-state index contributed by atoms with van der Waals surface area (Å²) in [6, 6.07) is 0. The third-order valence-corrected chi connectivity index (χ3v) is 3.86. The summed E-state index contributed by atoms with van der Waals surface area (Å²) in [5.41, 5.74) is 2.21. The van der Waals surface area contributed by atoms with E-state index in [1.54, 1.807) is 25.1 Å². The van der Waals surface area contributed by atoms with Crippen molar-refractivity contribution in [3.05, 3.63) is 17.7 Å². The average Bonchev–Trinajstić information content (AvgIpc) is 3.04. The van der Waals surface area contributed by atoms with Crippen molar-refractivity contribution >= 4 is 55.9 Å². The van der Waals surface area contributed by atoms with E-state index in [-0.39, 0.29) is 26.2 Å². The molecular weight excluding hydrogens is 589 g/mol. The average molecular weight is 609 g/mol. The van der Waals surface area contributed by atoms with Gasteiger partial charge in [0, 0.05) is 30.8 Å². The molecule has 0 aliphatic rings. The summed E-state index contributed by atoms with van der Waals surface area (Å²) in [5, 5.41) is 49.7. The molecule has 14 heteroatoms. The number of carboxylic acids is 2. The van der Waals surface area contributed by atoms with E-state index >= 15 is 0 Å². The summed E-state index contributed by atoms with van der Waals surface area (Å²) in [6.45, 7) is 2.77. The van der Waals surface area contributed by atoms with Gasteiger partial charge in [-0.1, -0.05) is 0 Å². The number of aliphatic carboxylic acids is 2. The van der Waals surface area contributed by atoms with E-state index in [9.17, 15) is 19.8 Å². The third kappa shape index (κ3) is 11.7. The number of H-pyrrole nitrogens is 1. The molecule has 0 aliphatic carbocycles. The summed E-state index contributed by atoms with van der Waals surface area (Å²) in [4.78, 5) is 30.4. The first kappa shape index (κ1) is 28.3. The topological polar surface area (TPSA) is 210 Å². The summed E-state index contributed by atoms with van der Waals surface area (Å²) in [5.74, 6) is -1.79. The largest absolute Gasteiger partial charge is 3.00 e. The Kier molecular flexibility index (Phi) is 16.2. The fourth-order valence-electron chi connectivity index (χ4n) is 1.43. The number of guanidine groups is 1. The smallest absolute Gasteiger partial charge is 0.547 e. The van der Waals surface area contributed by atoms with Crippen LogP contribution < -0.4 is 20.8 Å². The maximum Gasteiger partial charge on any atom is 3.00 e. The van der Waals surface area contributed by atoms with E-state index in [1.165, 1.54) is 0 Å². The van der Waals surface area contributed by atoms with E-state index < -0.39 is 24.1 Å². The normalized spacial score (nSPS) is 12.3. The zero-order valence-corrected chi connectivity index (χ0v) is 19.4. The molecule has 0 fully saturated rings.